The van der Waals surface area contributed by atoms with Gasteiger partial charge in [0.25, 0.3) is 0 Å². The monoisotopic (exact) mass is 261 g/mol. The normalized spacial score (nSPS) is 20.5. The van der Waals surface area contributed by atoms with Crippen molar-refractivity contribution in [1.29, 1.82) is 0 Å². The summed E-state index contributed by atoms with van der Waals surface area (Å²) < 4.78 is 11.1. The van der Waals surface area contributed by atoms with Gasteiger partial charge in [0.15, 0.2) is 0 Å². The fraction of sp³-hybridized carbons (Fsp3) is 0.533. The molecule has 0 amide bonds. The Hall–Kier alpha value is -1.55. The number of methoxy groups -OCH3 is 1. The Labute approximate surface area is 113 Å². The van der Waals surface area contributed by atoms with Crippen molar-refractivity contribution in [3.05, 3.63) is 29.3 Å². The number of piperidine rings is 1. The molecule has 4 nitrogen and oxygen atoms in total. The first kappa shape index (κ1) is 12.5. The van der Waals surface area contributed by atoms with E-state index in [0.717, 1.165) is 50.1 Å². The van der Waals surface area contributed by atoms with E-state index >= 15 is 0 Å². The molecule has 1 aromatic carbocycles. The Morgan fingerprint density at radius 3 is 2.84 bits per heavy atom. The molecule has 1 fully saturated rings. The molecule has 0 radical (unpaired) electrons. The van der Waals surface area contributed by atoms with Gasteiger partial charge in [0.05, 0.1) is 7.11 Å². The highest BCUT2D eigenvalue weighted by Gasteiger charge is 2.38. The second kappa shape index (κ2) is 4.85. The number of benzene rings is 1. The van der Waals surface area contributed by atoms with Crippen LogP contribution in [0.25, 0.3) is 0 Å². The van der Waals surface area contributed by atoms with Gasteiger partial charge >= 0.3 is 5.97 Å². The SMILES string of the molecule is COC(=O)c1cccc2c1OC1(CCNCC1)CC2. The zero-order chi connectivity index (χ0) is 13.3. The van der Waals surface area contributed by atoms with Crippen LogP contribution in [0.1, 0.15) is 35.2 Å². The van der Waals surface area contributed by atoms with Crippen LogP contribution in [0.15, 0.2) is 18.2 Å². The average Bonchev–Trinajstić information content (AvgIpc) is 2.46. The van der Waals surface area contributed by atoms with Crippen molar-refractivity contribution in [2.45, 2.75) is 31.3 Å². The molecule has 2 aliphatic rings. The minimum absolute atomic E-state index is 0.0949. The lowest BCUT2D eigenvalue weighted by molar-refractivity contribution is 0.0149. The predicted molar refractivity (Wildman–Crippen MR) is 71.6 cm³/mol. The maximum atomic E-state index is 11.8. The van der Waals surface area contributed by atoms with Gasteiger partial charge in [-0.15, -0.1) is 0 Å². The summed E-state index contributed by atoms with van der Waals surface area (Å²) in [7, 11) is 1.41. The van der Waals surface area contributed by atoms with Gasteiger partial charge in [-0.1, -0.05) is 12.1 Å². The smallest absolute Gasteiger partial charge is 0.341 e. The van der Waals surface area contributed by atoms with E-state index in [4.69, 9.17) is 9.47 Å². The summed E-state index contributed by atoms with van der Waals surface area (Å²) in [5.74, 6) is 0.422. The maximum absolute atomic E-state index is 11.8. The van der Waals surface area contributed by atoms with Gasteiger partial charge in [0, 0.05) is 0 Å². The van der Waals surface area contributed by atoms with Crippen LogP contribution in [0.5, 0.6) is 5.75 Å². The quantitative estimate of drug-likeness (QED) is 0.785. The lowest BCUT2D eigenvalue weighted by Gasteiger charge is -2.42. The number of carbonyl (C=O) groups excluding carboxylic acids is 1. The van der Waals surface area contributed by atoms with Crippen LogP contribution in [0.4, 0.5) is 0 Å². The number of hydrogen-bond acceptors (Lipinski definition) is 4. The highest BCUT2D eigenvalue weighted by Crippen LogP contribution is 2.40. The van der Waals surface area contributed by atoms with Crippen LogP contribution in [0.2, 0.25) is 0 Å². The third-order valence-corrected chi connectivity index (χ3v) is 4.19. The number of ether oxygens (including phenoxy) is 2. The van der Waals surface area contributed by atoms with Crippen molar-refractivity contribution in [2.24, 2.45) is 0 Å². The molecule has 0 saturated carbocycles. The van der Waals surface area contributed by atoms with Crippen molar-refractivity contribution >= 4 is 5.97 Å². The Kier molecular flexibility index (Phi) is 3.19. The number of esters is 1. The van der Waals surface area contributed by atoms with E-state index < -0.39 is 0 Å². The number of fused-ring (bicyclic) bond motifs is 1. The lowest BCUT2D eigenvalue weighted by Crippen LogP contribution is -2.48. The van der Waals surface area contributed by atoms with Gasteiger partial charge in [0.1, 0.15) is 16.9 Å². The van der Waals surface area contributed by atoms with E-state index in [1.807, 2.05) is 12.1 Å². The fourth-order valence-corrected chi connectivity index (χ4v) is 3.04. The summed E-state index contributed by atoms with van der Waals surface area (Å²) in [6.45, 7) is 1.96. The number of para-hydroxylation sites is 1. The average molecular weight is 261 g/mol. The molecule has 0 aliphatic carbocycles. The number of rotatable bonds is 1. The van der Waals surface area contributed by atoms with E-state index in [9.17, 15) is 4.79 Å². The minimum atomic E-state index is -0.317. The molecule has 4 heteroatoms. The Morgan fingerprint density at radius 2 is 2.11 bits per heavy atom. The van der Waals surface area contributed by atoms with Crippen molar-refractivity contribution in [2.75, 3.05) is 20.2 Å². The number of carbonyl (C=O) groups is 1. The molecular weight excluding hydrogens is 242 g/mol. The minimum Gasteiger partial charge on any atom is -0.486 e. The van der Waals surface area contributed by atoms with Crippen LogP contribution in [-0.2, 0) is 11.2 Å². The highest BCUT2D eigenvalue weighted by molar-refractivity contribution is 5.93. The molecule has 3 rings (SSSR count). The molecule has 2 aliphatic heterocycles. The van der Waals surface area contributed by atoms with Crippen LogP contribution < -0.4 is 10.1 Å². The largest absolute Gasteiger partial charge is 0.486 e. The zero-order valence-electron chi connectivity index (χ0n) is 11.2. The summed E-state index contributed by atoms with van der Waals surface area (Å²) in [6, 6.07) is 5.72. The van der Waals surface area contributed by atoms with Crippen molar-refractivity contribution in [3.63, 3.8) is 0 Å². The Balaban J connectivity index is 1.96. The standard InChI is InChI=1S/C15H19NO3/c1-18-14(17)12-4-2-3-11-5-6-15(19-13(11)12)7-9-16-10-8-15/h2-4,16H,5-10H2,1H3. The molecule has 0 unspecified atom stereocenters. The van der Waals surface area contributed by atoms with Crippen LogP contribution >= 0.6 is 0 Å². The molecule has 102 valence electrons. The summed E-state index contributed by atoms with van der Waals surface area (Å²) in [4.78, 5) is 11.8. The van der Waals surface area contributed by atoms with Gasteiger partial charge in [-0.3, -0.25) is 0 Å². The van der Waals surface area contributed by atoms with Gasteiger partial charge in [0.2, 0.25) is 0 Å². The van der Waals surface area contributed by atoms with Crippen molar-refractivity contribution in [3.8, 4) is 5.75 Å². The molecule has 1 saturated heterocycles. The van der Waals surface area contributed by atoms with Crippen LogP contribution in [0.3, 0.4) is 0 Å². The first-order chi connectivity index (χ1) is 9.24. The second-order valence-electron chi connectivity index (χ2n) is 5.32. The molecule has 1 aromatic rings. The van der Waals surface area contributed by atoms with E-state index in [2.05, 4.69) is 5.32 Å². The highest BCUT2D eigenvalue weighted by atomic mass is 16.5. The van der Waals surface area contributed by atoms with Gasteiger partial charge < -0.3 is 14.8 Å². The predicted octanol–water partition coefficient (Wildman–Crippen LogP) is 1.92. The third kappa shape index (κ3) is 2.21. The van der Waals surface area contributed by atoms with E-state index in [1.165, 1.54) is 7.11 Å². The van der Waals surface area contributed by atoms with Gasteiger partial charge in [-0.05, 0) is 50.4 Å². The van der Waals surface area contributed by atoms with Crippen LogP contribution in [-0.4, -0.2) is 31.8 Å². The fourth-order valence-electron chi connectivity index (χ4n) is 3.04. The lowest BCUT2D eigenvalue weighted by atomic mass is 9.83. The molecule has 0 bridgehead atoms. The second-order valence-corrected chi connectivity index (χ2v) is 5.32. The summed E-state index contributed by atoms with van der Waals surface area (Å²) in [5, 5.41) is 3.36. The topological polar surface area (TPSA) is 47.6 Å². The first-order valence-corrected chi connectivity index (χ1v) is 6.84. The number of hydrogen-bond donors (Lipinski definition) is 1. The van der Waals surface area contributed by atoms with Crippen molar-refractivity contribution < 1.29 is 14.3 Å². The summed E-state index contributed by atoms with van der Waals surface area (Å²) in [6.07, 6.45) is 4.01. The van der Waals surface area contributed by atoms with Crippen molar-refractivity contribution in [1.82, 2.24) is 5.32 Å². The Morgan fingerprint density at radius 1 is 1.32 bits per heavy atom. The van der Waals surface area contributed by atoms with E-state index in [-0.39, 0.29) is 11.6 Å². The van der Waals surface area contributed by atoms with Crippen LogP contribution in [0, 0.1) is 0 Å². The molecule has 0 atom stereocenters. The summed E-state index contributed by atoms with van der Waals surface area (Å²) >= 11 is 0. The molecular formula is C15H19NO3. The van der Waals surface area contributed by atoms with E-state index in [0.29, 0.717) is 5.56 Å². The molecule has 0 aromatic heterocycles. The third-order valence-electron chi connectivity index (χ3n) is 4.19. The maximum Gasteiger partial charge on any atom is 0.341 e. The van der Waals surface area contributed by atoms with E-state index in [1.54, 1.807) is 6.07 Å². The molecule has 1 N–H and O–H groups in total. The first-order valence-electron chi connectivity index (χ1n) is 6.84. The number of nitrogens with one attached hydrogen (secondary N) is 1. The molecule has 2 heterocycles. The number of aryl methyl sites for hydroxylation is 1. The van der Waals surface area contributed by atoms with Gasteiger partial charge in [-0.2, -0.15) is 0 Å². The zero-order valence-corrected chi connectivity index (χ0v) is 11.2. The molecule has 19 heavy (non-hydrogen) atoms. The Bertz CT molecular complexity index is 492. The summed E-state index contributed by atoms with van der Waals surface area (Å²) in [5.41, 5.74) is 1.58. The molecule has 1 spiro atoms. The van der Waals surface area contributed by atoms with Gasteiger partial charge in [-0.25, -0.2) is 4.79 Å².